The SMILES string of the molecule is CC(C)N(CCC(=O)O)C1CC2CCC(C1)N2C. The third-order valence-electron chi connectivity index (χ3n) is 4.79. The molecule has 2 heterocycles. The van der Waals surface area contributed by atoms with Gasteiger partial charge < -0.3 is 10.0 Å². The lowest BCUT2D eigenvalue weighted by Gasteiger charge is -2.43. The topological polar surface area (TPSA) is 43.8 Å². The smallest absolute Gasteiger partial charge is 0.304 e. The zero-order chi connectivity index (χ0) is 13.3. The maximum Gasteiger partial charge on any atom is 0.304 e. The van der Waals surface area contributed by atoms with E-state index in [1.54, 1.807) is 0 Å². The van der Waals surface area contributed by atoms with E-state index in [0.717, 1.165) is 12.1 Å². The Morgan fingerprint density at radius 1 is 1.33 bits per heavy atom. The summed E-state index contributed by atoms with van der Waals surface area (Å²) < 4.78 is 0. The Bertz CT molecular complexity index is 292. The Hall–Kier alpha value is -0.610. The number of hydrogen-bond acceptors (Lipinski definition) is 3. The van der Waals surface area contributed by atoms with Crippen LogP contribution in [0.2, 0.25) is 0 Å². The van der Waals surface area contributed by atoms with Crippen molar-refractivity contribution >= 4 is 5.97 Å². The molecule has 0 amide bonds. The molecule has 2 atom stereocenters. The number of piperidine rings is 1. The quantitative estimate of drug-likeness (QED) is 0.812. The van der Waals surface area contributed by atoms with Gasteiger partial charge >= 0.3 is 5.97 Å². The van der Waals surface area contributed by atoms with Crippen LogP contribution in [0.15, 0.2) is 0 Å². The summed E-state index contributed by atoms with van der Waals surface area (Å²) in [6, 6.07) is 2.47. The maximum atomic E-state index is 10.8. The lowest BCUT2D eigenvalue weighted by molar-refractivity contribution is -0.137. The van der Waals surface area contributed by atoms with E-state index in [1.807, 2.05) is 0 Å². The lowest BCUT2D eigenvalue weighted by atomic mass is 9.95. The molecule has 2 saturated heterocycles. The van der Waals surface area contributed by atoms with Crippen LogP contribution < -0.4 is 0 Å². The van der Waals surface area contributed by atoms with Crippen LogP contribution in [0.25, 0.3) is 0 Å². The maximum absolute atomic E-state index is 10.8. The summed E-state index contributed by atoms with van der Waals surface area (Å²) in [4.78, 5) is 15.7. The highest BCUT2D eigenvalue weighted by Crippen LogP contribution is 2.36. The molecule has 18 heavy (non-hydrogen) atoms. The molecule has 2 aliphatic rings. The van der Waals surface area contributed by atoms with Gasteiger partial charge in [-0.15, -0.1) is 0 Å². The van der Waals surface area contributed by atoms with Gasteiger partial charge in [0, 0.05) is 30.7 Å². The molecule has 0 radical (unpaired) electrons. The first-order valence-corrected chi connectivity index (χ1v) is 7.18. The van der Waals surface area contributed by atoms with Gasteiger partial charge in [-0.3, -0.25) is 9.69 Å². The number of rotatable bonds is 5. The summed E-state index contributed by atoms with van der Waals surface area (Å²) >= 11 is 0. The molecule has 0 aliphatic carbocycles. The minimum Gasteiger partial charge on any atom is -0.481 e. The van der Waals surface area contributed by atoms with Crippen LogP contribution in [0.3, 0.4) is 0 Å². The Balaban J connectivity index is 1.97. The number of carboxylic acid groups (broad SMARTS) is 1. The molecule has 0 saturated carbocycles. The molecule has 2 fully saturated rings. The van der Waals surface area contributed by atoms with Gasteiger partial charge in [0.05, 0.1) is 6.42 Å². The van der Waals surface area contributed by atoms with E-state index < -0.39 is 5.97 Å². The highest BCUT2D eigenvalue weighted by atomic mass is 16.4. The van der Waals surface area contributed by atoms with Crippen molar-refractivity contribution in [3.8, 4) is 0 Å². The molecule has 0 aromatic rings. The Kier molecular flexibility index (Phi) is 4.28. The van der Waals surface area contributed by atoms with E-state index in [-0.39, 0.29) is 6.42 Å². The molecule has 2 aliphatic heterocycles. The van der Waals surface area contributed by atoms with Gasteiger partial charge in [-0.2, -0.15) is 0 Å². The van der Waals surface area contributed by atoms with Crippen molar-refractivity contribution in [1.82, 2.24) is 9.80 Å². The molecule has 0 spiro atoms. The minimum absolute atomic E-state index is 0.264. The molecule has 2 unspecified atom stereocenters. The number of fused-ring (bicyclic) bond motifs is 2. The molecule has 4 nitrogen and oxygen atoms in total. The minimum atomic E-state index is -0.684. The molecule has 4 heteroatoms. The number of carboxylic acids is 1. The summed E-state index contributed by atoms with van der Waals surface area (Å²) in [5.41, 5.74) is 0. The largest absolute Gasteiger partial charge is 0.481 e. The predicted molar refractivity (Wildman–Crippen MR) is 71.7 cm³/mol. The van der Waals surface area contributed by atoms with Crippen molar-refractivity contribution in [2.45, 2.75) is 70.1 Å². The second kappa shape index (κ2) is 5.57. The zero-order valence-corrected chi connectivity index (χ0v) is 11.8. The van der Waals surface area contributed by atoms with E-state index in [9.17, 15) is 4.79 Å². The summed E-state index contributed by atoms with van der Waals surface area (Å²) in [5.74, 6) is -0.684. The normalized spacial score (nSPS) is 32.4. The number of nitrogens with zero attached hydrogens (tertiary/aromatic N) is 2. The lowest BCUT2D eigenvalue weighted by Crippen LogP contribution is -2.51. The first-order chi connectivity index (χ1) is 8.49. The van der Waals surface area contributed by atoms with E-state index >= 15 is 0 Å². The fraction of sp³-hybridized carbons (Fsp3) is 0.929. The van der Waals surface area contributed by atoms with Crippen LogP contribution in [0, 0.1) is 0 Å². The second-order valence-corrected chi connectivity index (χ2v) is 6.15. The fourth-order valence-electron chi connectivity index (χ4n) is 3.74. The molecule has 0 aromatic carbocycles. The third-order valence-corrected chi connectivity index (χ3v) is 4.79. The van der Waals surface area contributed by atoms with E-state index in [1.165, 1.54) is 25.7 Å². The van der Waals surface area contributed by atoms with Crippen LogP contribution >= 0.6 is 0 Å². The van der Waals surface area contributed by atoms with Crippen LogP contribution in [-0.2, 0) is 4.79 Å². The molecule has 104 valence electrons. The van der Waals surface area contributed by atoms with Crippen molar-refractivity contribution in [3.63, 3.8) is 0 Å². The van der Waals surface area contributed by atoms with Gasteiger partial charge in [-0.1, -0.05) is 0 Å². The predicted octanol–water partition coefficient (Wildman–Crippen LogP) is 1.80. The summed E-state index contributed by atoms with van der Waals surface area (Å²) in [6.45, 7) is 5.06. The van der Waals surface area contributed by atoms with Crippen molar-refractivity contribution in [2.75, 3.05) is 13.6 Å². The molecular formula is C14H26N2O2. The third kappa shape index (κ3) is 2.86. The average molecular weight is 254 g/mol. The van der Waals surface area contributed by atoms with Crippen molar-refractivity contribution in [2.24, 2.45) is 0 Å². The molecule has 2 bridgehead atoms. The van der Waals surface area contributed by atoms with E-state index in [0.29, 0.717) is 18.6 Å². The van der Waals surface area contributed by atoms with Crippen LogP contribution in [0.5, 0.6) is 0 Å². The summed E-state index contributed by atoms with van der Waals surface area (Å²) in [7, 11) is 2.25. The zero-order valence-electron chi connectivity index (χ0n) is 11.8. The summed E-state index contributed by atoms with van der Waals surface area (Å²) in [6.07, 6.45) is 5.33. The van der Waals surface area contributed by atoms with Gasteiger partial charge in [-0.05, 0) is 46.6 Å². The highest BCUT2D eigenvalue weighted by Gasteiger charge is 2.40. The number of carbonyl (C=O) groups is 1. The standard InChI is InChI=1S/C14H26N2O2/c1-10(2)16(7-6-14(17)18)13-8-11-4-5-12(9-13)15(11)3/h10-13H,4-9H2,1-3H3,(H,17,18). The number of aliphatic carboxylic acids is 1. The Morgan fingerprint density at radius 2 is 1.89 bits per heavy atom. The first-order valence-electron chi connectivity index (χ1n) is 7.18. The van der Waals surface area contributed by atoms with Gasteiger partial charge in [0.25, 0.3) is 0 Å². The second-order valence-electron chi connectivity index (χ2n) is 6.15. The Labute approximate surface area is 110 Å². The van der Waals surface area contributed by atoms with Crippen LogP contribution in [-0.4, -0.2) is 58.6 Å². The van der Waals surface area contributed by atoms with Crippen molar-refractivity contribution in [3.05, 3.63) is 0 Å². The average Bonchev–Trinajstić information content (AvgIpc) is 2.51. The molecule has 2 rings (SSSR count). The fourth-order valence-corrected chi connectivity index (χ4v) is 3.74. The first kappa shape index (κ1) is 13.8. The Morgan fingerprint density at radius 3 is 2.33 bits per heavy atom. The van der Waals surface area contributed by atoms with E-state index in [4.69, 9.17) is 5.11 Å². The van der Waals surface area contributed by atoms with Gasteiger partial charge in [0.2, 0.25) is 0 Å². The van der Waals surface area contributed by atoms with Gasteiger partial charge in [0.1, 0.15) is 0 Å². The number of hydrogen-bond donors (Lipinski definition) is 1. The molecule has 0 aromatic heterocycles. The summed E-state index contributed by atoms with van der Waals surface area (Å²) in [5, 5.41) is 8.87. The van der Waals surface area contributed by atoms with Gasteiger partial charge in [0.15, 0.2) is 0 Å². The van der Waals surface area contributed by atoms with E-state index in [2.05, 4.69) is 30.7 Å². The highest BCUT2D eigenvalue weighted by molar-refractivity contribution is 5.66. The monoisotopic (exact) mass is 254 g/mol. The van der Waals surface area contributed by atoms with Crippen LogP contribution in [0.4, 0.5) is 0 Å². The van der Waals surface area contributed by atoms with Crippen molar-refractivity contribution < 1.29 is 9.90 Å². The van der Waals surface area contributed by atoms with Gasteiger partial charge in [-0.25, -0.2) is 0 Å². The van der Waals surface area contributed by atoms with Crippen molar-refractivity contribution in [1.29, 1.82) is 0 Å². The molecular weight excluding hydrogens is 228 g/mol. The van der Waals surface area contributed by atoms with Crippen LogP contribution in [0.1, 0.15) is 46.0 Å². The molecule has 1 N–H and O–H groups in total.